The van der Waals surface area contributed by atoms with E-state index in [-0.39, 0.29) is 0 Å². The fourth-order valence-electron chi connectivity index (χ4n) is 2.32. The van der Waals surface area contributed by atoms with E-state index in [4.69, 9.17) is 0 Å². The molecule has 100 valence electrons. The summed E-state index contributed by atoms with van der Waals surface area (Å²) in [6.07, 6.45) is 4.74. The third-order valence-corrected chi connectivity index (χ3v) is 3.70. The van der Waals surface area contributed by atoms with E-state index in [1.54, 1.807) is 0 Å². The van der Waals surface area contributed by atoms with Crippen molar-refractivity contribution in [2.45, 2.75) is 39.2 Å². The summed E-state index contributed by atoms with van der Waals surface area (Å²) in [6, 6.07) is 0. The molecule has 2 rings (SSSR count). The zero-order chi connectivity index (χ0) is 13.0. The summed E-state index contributed by atoms with van der Waals surface area (Å²) in [7, 11) is 2.12. The zero-order valence-corrected chi connectivity index (χ0v) is 12.8. The van der Waals surface area contributed by atoms with E-state index < -0.39 is 0 Å². The van der Waals surface area contributed by atoms with Crippen LogP contribution in [0.5, 0.6) is 0 Å². The van der Waals surface area contributed by atoms with Crippen molar-refractivity contribution in [3.05, 3.63) is 16.0 Å². The number of unbranched alkanes of at least 4 members (excludes halogenated alkanes) is 2. The van der Waals surface area contributed by atoms with Gasteiger partial charge in [0.15, 0.2) is 4.73 Å². The predicted molar refractivity (Wildman–Crippen MR) is 77.9 cm³/mol. The lowest BCUT2D eigenvalue weighted by Gasteiger charge is -2.25. The largest absolute Gasteiger partial charge is 0.359 e. The lowest BCUT2D eigenvalue weighted by atomic mass is 10.1. The van der Waals surface area contributed by atoms with Crippen LogP contribution in [0.25, 0.3) is 0 Å². The zero-order valence-electron chi connectivity index (χ0n) is 11.2. The van der Waals surface area contributed by atoms with Gasteiger partial charge in [0.1, 0.15) is 5.82 Å². The van der Waals surface area contributed by atoms with Crippen LogP contribution in [-0.4, -0.2) is 30.1 Å². The van der Waals surface area contributed by atoms with Crippen LogP contribution in [0.4, 0.5) is 5.82 Å². The molecule has 2 heterocycles. The highest BCUT2D eigenvalue weighted by atomic mass is 79.9. The lowest BCUT2D eigenvalue weighted by molar-refractivity contribution is 0.617. The topological polar surface area (TPSA) is 41.1 Å². The number of halogens is 1. The smallest absolute Gasteiger partial charge is 0.198 e. The highest BCUT2D eigenvalue weighted by Crippen LogP contribution is 2.24. The molecule has 1 aromatic rings. The molecule has 0 saturated carbocycles. The Hall–Kier alpha value is -0.680. The normalized spacial score (nSPS) is 14.4. The van der Waals surface area contributed by atoms with Gasteiger partial charge in [-0.2, -0.15) is 0 Å². The number of hydrogen-bond donors (Lipinski definition) is 1. The van der Waals surface area contributed by atoms with Crippen LogP contribution in [0.1, 0.15) is 37.4 Å². The van der Waals surface area contributed by atoms with Gasteiger partial charge in [-0.3, -0.25) is 0 Å². The molecule has 1 N–H and O–H groups in total. The van der Waals surface area contributed by atoms with Crippen molar-refractivity contribution in [1.29, 1.82) is 0 Å². The first kappa shape index (κ1) is 13.7. The fraction of sp³-hybridized carbons (Fsp3) is 0.692. The summed E-state index contributed by atoms with van der Waals surface area (Å²) < 4.78 is 0.709. The van der Waals surface area contributed by atoms with E-state index in [9.17, 15) is 0 Å². The Kier molecular flexibility index (Phi) is 4.95. The van der Waals surface area contributed by atoms with E-state index in [0.717, 1.165) is 31.9 Å². The molecule has 4 nitrogen and oxygen atoms in total. The van der Waals surface area contributed by atoms with Crippen LogP contribution in [0.2, 0.25) is 0 Å². The summed E-state index contributed by atoms with van der Waals surface area (Å²) in [5.41, 5.74) is 2.46. The van der Waals surface area contributed by atoms with Gasteiger partial charge in [-0.1, -0.05) is 19.8 Å². The highest BCUT2D eigenvalue weighted by molar-refractivity contribution is 9.10. The maximum Gasteiger partial charge on any atom is 0.198 e. The van der Waals surface area contributed by atoms with Gasteiger partial charge in [0.05, 0.1) is 5.69 Å². The first-order valence-electron chi connectivity index (χ1n) is 6.69. The minimum atomic E-state index is 0.709. The molecule has 18 heavy (non-hydrogen) atoms. The third kappa shape index (κ3) is 3.20. The molecule has 0 atom stereocenters. The number of anilines is 1. The number of fused-ring (bicyclic) bond motifs is 1. The Balaban J connectivity index is 2.17. The molecule has 0 spiro atoms. The van der Waals surface area contributed by atoms with Gasteiger partial charge in [0, 0.05) is 38.7 Å². The molecular formula is C13H21BrN4. The molecule has 0 amide bonds. The van der Waals surface area contributed by atoms with Crippen LogP contribution in [-0.2, 0) is 13.0 Å². The molecule has 1 aliphatic rings. The average Bonchev–Trinajstić information content (AvgIpc) is 2.38. The van der Waals surface area contributed by atoms with Crippen LogP contribution in [0.15, 0.2) is 4.73 Å². The molecule has 0 aliphatic carbocycles. The summed E-state index contributed by atoms with van der Waals surface area (Å²) in [6.45, 7) is 5.18. The van der Waals surface area contributed by atoms with Crippen molar-refractivity contribution in [3.8, 4) is 0 Å². The van der Waals surface area contributed by atoms with Crippen molar-refractivity contribution in [3.63, 3.8) is 0 Å². The van der Waals surface area contributed by atoms with E-state index in [1.807, 2.05) is 0 Å². The average molecular weight is 313 g/mol. The quantitative estimate of drug-likeness (QED) is 0.670. The number of hydrogen-bond acceptors (Lipinski definition) is 4. The summed E-state index contributed by atoms with van der Waals surface area (Å²) in [4.78, 5) is 11.3. The minimum Gasteiger partial charge on any atom is -0.359 e. The second-order valence-electron chi connectivity index (χ2n) is 4.80. The number of rotatable bonds is 5. The van der Waals surface area contributed by atoms with Crippen LogP contribution >= 0.6 is 15.9 Å². The van der Waals surface area contributed by atoms with Gasteiger partial charge in [-0.15, -0.1) is 0 Å². The molecule has 0 saturated heterocycles. The van der Waals surface area contributed by atoms with Crippen LogP contribution in [0, 0.1) is 0 Å². The second-order valence-corrected chi connectivity index (χ2v) is 5.51. The van der Waals surface area contributed by atoms with Gasteiger partial charge in [0.25, 0.3) is 0 Å². The van der Waals surface area contributed by atoms with Gasteiger partial charge < -0.3 is 10.2 Å². The third-order valence-electron chi connectivity index (χ3n) is 3.34. The first-order chi connectivity index (χ1) is 8.72. The van der Waals surface area contributed by atoms with Crippen LogP contribution < -0.4 is 10.2 Å². The van der Waals surface area contributed by atoms with Gasteiger partial charge in [0.2, 0.25) is 0 Å². The molecule has 5 heteroatoms. The van der Waals surface area contributed by atoms with Gasteiger partial charge in [-0.05, 0) is 22.4 Å². The molecule has 1 aliphatic heterocycles. The fourth-order valence-corrected chi connectivity index (χ4v) is 2.70. The second kappa shape index (κ2) is 6.48. The SMILES string of the molecule is CCCCCN(C)c1nc(Br)nc2c1CNCC2. The standard InChI is InChI=1S/C13H21BrN4/c1-3-4-5-8-18(2)12-10-9-15-7-6-11(10)16-13(14)17-12/h15H,3-9H2,1-2H3. The molecule has 0 radical (unpaired) electrons. The number of aromatic nitrogens is 2. The van der Waals surface area contributed by atoms with Gasteiger partial charge >= 0.3 is 0 Å². The Morgan fingerprint density at radius 3 is 2.94 bits per heavy atom. The van der Waals surface area contributed by atoms with E-state index in [0.29, 0.717) is 4.73 Å². The Bertz CT molecular complexity index is 408. The van der Waals surface area contributed by atoms with Crippen molar-refractivity contribution in [2.24, 2.45) is 0 Å². The number of nitrogens with one attached hydrogen (secondary N) is 1. The Labute approximate surface area is 117 Å². The van der Waals surface area contributed by atoms with Crippen molar-refractivity contribution >= 4 is 21.7 Å². The monoisotopic (exact) mass is 312 g/mol. The highest BCUT2D eigenvalue weighted by Gasteiger charge is 2.18. The Morgan fingerprint density at radius 2 is 2.17 bits per heavy atom. The molecule has 0 bridgehead atoms. The van der Waals surface area contributed by atoms with E-state index in [1.165, 1.54) is 30.5 Å². The molecule has 0 aromatic carbocycles. The summed E-state index contributed by atoms with van der Waals surface area (Å²) in [5, 5.41) is 3.40. The molecule has 0 unspecified atom stereocenters. The Morgan fingerprint density at radius 1 is 1.33 bits per heavy atom. The van der Waals surface area contributed by atoms with E-state index >= 15 is 0 Å². The maximum absolute atomic E-state index is 4.56. The molecular weight excluding hydrogens is 292 g/mol. The van der Waals surface area contributed by atoms with Crippen molar-refractivity contribution < 1.29 is 0 Å². The van der Waals surface area contributed by atoms with Crippen molar-refractivity contribution in [1.82, 2.24) is 15.3 Å². The number of nitrogens with zero attached hydrogens (tertiary/aromatic N) is 3. The minimum absolute atomic E-state index is 0.709. The van der Waals surface area contributed by atoms with Crippen molar-refractivity contribution in [2.75, 3.05) is 25.0 Å². The predicted octanol–water partition coefficient (Wildman–Crippen LogP) is 2.51. The molecule has 0 fully saturated rings. The summed E-state index contributed by atoms with van der Waals surface area (Å²) >= 11 is 3.42. The van der Waals surface area contributed by atoms with Gasteiger partial charge in [-0.25, -0.2) is 9.97 Å². The van der Waals surface area contributed by atoms with E-state index in [2.05, 4.69) is 50.1 Å². The molecule has 1 aromatic heterocycles. The maximum atomic E-state index is 4.56. The lowest BCUT2D eigenvalue weighted by Crippen LogP contribution is -2.29. The summed E-state index contributed by atoms with van der Waals surface area (Å²) in [5.74, 6) is 1.08. The first-order valence-corrected chi connectivity index (χ1v) is 7.48. The van der Waals surface area contributed by atoms with Crippen LogP contribution in [0.3, 0.4) is 0 Å².